The van der Waals surface area contributed by atoms with Gasteiger partial charge in [0.1, 0.15) is 0 Å². The molecule has 0 aromatic carbocycles. The fourth-order valence-corrected chi connectivity index (χ4v) is 3.87. The van der Waals surface area contributed by atoms with Crippen LogP contribution in [-0.4, -0.2) is 74.2 Å². The SMILES string of the molecule is C[C@@H](C(=O)NCC1(CN2CCOCC2)CC1)N1CCCCCC1. The van der Waals surface area contributed by atoms with Crippen molar-refractivity contribution in [2.45, 2.75) is 51.5 Å². The van der Waals surface area contributed by atoms with E-state index in [1.54, 1.807) is 0 Å². The lowest BCUT2D eigenvalue weighted by Crippen LogP contribution is -2.48. The predicted molar refractivity (Wildman–Crippen MR) is 91.4 cm³/mol. The highest BCUT2D eigenvalue weighted by molar-refractivity contribution is 5.81. The van der Waals surface area contributed by atoms with Crippen LogP contribution in [0.4, 0.5) is 0 Å². The Kier molecular flexibility index (Phi) is 5.94. The minimum atomic E-state index is 0.0206. The van der Waals surface area contributed by atoms with E-state index in [9.17, 15) is 4.79 Å². The Balaban J connectivity index is 1.42. The molecule has 0 aromatic heterocycles. The van der Waals surface area contributed by atoms with Crippen LogP contribution in [0.25, 0.3) is 0 Å². The molecule has 0 spiro atoms. The lowest BCUT2D eigenvalue weighted by Gasteiger charge is -2.31. The minimum Gasteiger partial charge on any atom is -0.379 e. The highest BCUT2D eigenvalue weighted by Gasteiger charge is 2.44. The van der Waals surface area contributed by atoms with Crippen LogP contribution < -0.4 is 5.32 Å². The number of hydrogen-bond donors (Lipinski definition) is 1. The van der Waals surface area contributed by atoms with E-state index in [0.717, 1.165) is 52.5 Å². The van der Waals surface area contributed by atoms with Gasteiger partial charge in [-0.15, -0.1) is 0 Å². The Morgan fingerprint density at radius 2 is 1.74 bits per heavy atom. The van der Waals surface area contributed by atoms with Gasteiger partial charge in [-0.1, -0.05) is 12.8 Å². The van der Waals surface area contributed by atoms with Crippen molar-refractivity contribution in [3.8, 4) is 0 Å². The van der Waals surface area contributed by atoms with Crippen molar-refractivity contribution in [3.63, 3.8) is 0 Å². The molecule has 0 aromatic rings. The molecule has 5 heteroatoms. The van der Waals surface area contributed by atoms with Crippen LogP contribution in [0.5, 0.6) is 0 Å². The number of ether oxygens (including phenoxy) is 1. The van der Waals surface area contributed by atoms with Crippen molar-refractivity contribution < 1.29 is 9.53 Å². The number of carbonyl (C=O) groups is 1. The zero-order valence-corrected chi connectivity index (χ0v) is 14.7. The molecule has 0 unspecified atom stereocenters. The molecule has 1 aliphatic carbocycles. The van der Waals surface area contributed by atoms with Crippen LogP contribution in [0.2, 0.25) is 0 Å². The van der Waals surface area contributed by atoms with Gasteiger partial charge in [0, 0.05) is 31.6 Å². The number of likely N-dealkylation sites (tertiary alicyclic amines) is 1. The first-order chi connectivity index (χ1) is 11.2. The third kappa shape index (κ3) is 4.91. The summed E-state index contributed by atoms with van der Waals surface area (Å²) in [5.41, 5.74) is 0.339. The van der Waals surface area contributed by atoms with Crippen molar-refractivity contribution >= 4 is 5.91 Å². The van der Waals surface area contributed by atoms with Crippen molar-refractivity contribution in [2.75, 3.05) is 52.5 Å². The summed E-state index contributed by atoms with van der Waals surface area (Å²) >= 11 is 0. The van der Waals surface area contributed by atoms with Crippen molar-refractivity contribution in [1.29, 1.82) is 0 Å². The Hall–Kier alpha value is -0.650. The van der Waals surface area contributed by atoms with Crippen molar-refractivity contribution in [1.82, 2.24) is 15.1 Å². The van der Waals surface area contributed by atoms with E-state index >= 15 is 0 Å². The summed E-state index contributed by atoms with van der Waals surface area (Å²) in [6.45, 7) is 9.99. The minimum absolute atomic E-state index is 0.0206. The van der Waals surface area contributed by atoms with Gasteiger partial charge in [0.2, 0.25) is 5.91 Å². The average Bonchev–Trinajstić information content (AvgIpc) is 3.37. The van der Waals surface area contributed by atoms with E-state index in [1.807, 2.05) is 0 Å². The van der Waals surface area contributed by atoms with E-state index in [0.29, 0.717) is 5.41 Å². The maximum absolute atomic E-state index is 12.5. The van der Waals surface area contributed by atoms with E-state index in [-0.39, 0.29) is 11.9 Å². The highest BCUT2D eigenvalue weighted by atomic mass is 16.5. The molecule has 1 N–H and O–H groups in total. The first-order valence-electron chi connectivity index (χ1n) is 9.50. The van der Waals surface area contributed by atoms with Gasteiger partial charge >= 0.3 is 0 Å². The molecule has 5 nitrogen and oxygen atoms in total. The Morgan fingerprint density at radius 1 is 1.09 bits per heavy atom. The average molecular weight is 323 g/mol. The fraction of sp³-hybridized carbons (Fsp3) is 0.944. The molecule has 3 fully saturated rings. The van der Waals surface area contributed by atoms with Crippen molar-refractivity contribution in [2.24, 2.45) is 5.41 Å². The van der Waals surface area contributed by atoms with Gasteiger partial charge in [-0.25, -0.2) is 0 Å². The van der Waals surface area contributed by atoms with Gasteiger partial charge < -0.3 is 10.1 Å². The van der Waals surface area contributed by atoms with Crippen LogP contribution >= 0.6 is 0 Å². The molecule has 0 bridgehead atoms. The van der Waals surface area contributed by atoms with Crippen LogP contribution in [-0.2, 0) is 9.53 Å². The Bertz CT molecular complexity index is 384. The molecule has 1 atom stereocenters. The molecule has 1 saturated carbocycles. The zero-order chi connectivity index (χ0) is 16.1. The predicted octanol–water partition coefficient (Wildman–Crippen LogP) is 1.48. The second kappa shape index (κ2) is 7.95. The summed E-state index contributed by atoms with van der Waals surface area (Å²) in [5, 5.41) is 3.25. The molecule has 132 valence electrons. The first-order valence-corrected chi connectivity index (χ1v) is 9.50. The third-order valence-corrected chi connectivity index (χ3v) is 5.83. The molecular formula is C18H33N3O2. The molecule has 23 heavy (non-hydrogen) atoms. The Morgan fingerprint density at radius 3 is 2.35 bits per heavy atom. The van der Waals surface area contributed by atoms with E-state index < -0.39 is 0 Å². The van der Waals surface area contributed by atoms with Gasteiger partial charge in [-0.3, -0.25) is 14.6 Å². The number of amides is 1. The summed E-state index contributed by atoms with van der Waals surface area (Å²) < 4.78 is 5.42. The molecule has 3 aliphatic rings. The molecule has 1 amide bonds. The van der Waals surface area contributed by atoms with E-state index in [1.165, 1.54) is 38.5 Å². The lowest BCUT2D eigenvalue weighted by molar-refractivity contribution is -0.126. The van der Waals surface area contributed by atoms with Crippen LogP contribution in [0.3, 0.4) is 0 Å². The number of nitrogens with one attached hydrogen (secondary N) is 1. The van der Waals surface area contributed by atoms with Gasteiger partial charge in [0.15, 0.2) is 0 Å². The van der Waals surface area contributed by atoms with E-state index in [4.69, 9.17) is 4.74 Å². The molecule has 3 rings (SSSR count). The molecule has 0 radical (unpaired) electrons. The summed E-state index contributed by atoms with van der Waals surface area (Å²) in [6, 6.07) is 0.0206. The topological polar surface area (TPSA) is 44.8 Å². The largest absolute Gasteiger partial charge is 0.379 e. The number of nitrogens with zero attached hydrogens (tertiary/aromatic N) is 2. The smallest absolute Gasteiger partial charge is 0.237 e. The second-order valence-electron chi connectivity index (χ2n) is 7.73. The van der Waals surface area contributed by atoms with Gasteiger partial charge in [0.25, 0.3) is 0 Å². The molecular weight excluding hydrogens is 290 g/mol. The quantitative estimate of drug-likeness (QED) is 0.804. The van der Waals surface area contributed by atoms with Gasteiger partial charge in [-0.2, -0.15) is 0 Å². The number of hydrogen-bond acceptors (Lipinski definition) is 4. The number of morpholine rings is 1. The maximum Gasteiger partial charge on any atom is 0.237 e. The Labute approximate surface area is 140 Å². The second-order valence-corrected chi connectivity index (χ2v) is 7.73. The number of carbonyl (C=O) groups excluding carboxylic acids is 1. The summed E-state index contributed by atoms with van der Waals surface area (Å²) in [7, 11) is 0. The molecule has 2 aliphatic heterocycles. The lowest BCUT2D eigenvalue weighted by atomic mass is 10.1. The summed E-state index contributed by atoms with van der Waals surface area (Å²) in [6.07, 6.45) is 7.60. The van der Waals surface area contributed by atoms with Gasteiger partial charge in [0.05, 0.1) is 19.3 Å². The number of rotatable bonds is 6. The van der Waals surface area contributed by atoms with Crippen LogP contribution in [0, 0.1) is 5.41 Å². The normalized spacial score (nSPS) is 27.2. The highest BCUT2D eigenvalue weighted by Crippen LogP contribution is 2.45. The standard InChI is InChI=1S/C18H33N3O2/c1-16(21-8-4-2-3-5-9-21)17(22)19-14-18(6-7-18)15-20-10-12-23-13-11-20/h16H,2-15H2,1H3,(H,19,22)/t16-/m0/s1. The summed E-state index contributed by atoms with van der Waals surface area (Å²) in [5.74, 6) is 0.222. The van der Waals surface area contributed by atoms with Crippen LogP contribution in [0.1, 0.15) is 45.4 Å². The van der Waals surface area contributed by atoms with E-state index in [2.05, 4.69) is 22.0 Å². The van der Waals surface area contributed by atoms with Gasteiger partial charge in [-0.05, 0) is 45.7 Å². The molecule has 2 saturated heterocycles. The summed E-state index contributed by atoms with van der Waals surface area (Å²) in [4.78, 5) is 17.4. The maximum atomic E-state index is 12.5. The fourth-order valence-electron chi connectivity index (χ4n) is 3.87. The van der Waals surface area contributed by atoms with Crippen molar-refractivity contribution in [3.05, 3.63) is 0 Å². The monoisotopic (exact) mass is 323 g/mol. The first kappa shape index (κ1) is 17.2. The zero-order valence-electron chi connectivity index (χ0n) is 14.7. The third-order valence-electron chi connectivity index (χ3n) is 5.83. The molecule has 2 heterocycles. The van der Waals surface area contributed by atoms with Crippen LogP contribution in [0.15, 0.2) is 0 Å².